The summed E-state index contributed by atoms with van der Waals surface area (Å²) in [6.07, 6.45) is 2.22. The molecule has 0 aromatic heterocycles. The Morgan fingerprint density at radius 1 is 1.17 bits per heavy atom. The molecule has 0 aliphatic rings. The highest BCUT2D eigenvalue weighted by atomic mass is 79.9. The summed E-state index contributed by atoms with van der Waals surface area (Å²) >= 11 is 3.65. The lowest BCUT2D eigenvalue weighted by Crippen LogP contribution is -1.92. The van der Waals surface area contributed by atoms with Gasteiger partial charge >= 0.3 is 0 Å². The monoisotopic (exact) mass is 226 g/mol. The van der Waals surface area contributed by atoms with Gasteiger partial charge in [0, 0.05) is 4.47 Å². The highest BCUT2D eigenvalue weighted by molar-refractivity contribution is 9.10. The van der Waals surface area contributed by atoms with E-state index in [0.29, 0.717) is 0 Å². The predicted molar refractivity (Wildman–Crippen MR) is 57.6 cm³/mol. The molecule has 1 aromatic rings. The van der Waals surface area contributed by atoms with Crippen molar-refractivity contribution in [3.63, 3.8) is 0 Å². The Kier molecular flexibility index (Phi) is 3.33. The van der Waals surface area contributed by atoms with Crippen LogP contribution in [0.25, 0.3) is 0 Å². The molecule has 0 aliphatic heterocycles. The molecule has 0 spiro atoms. The Bertz CT molecular complexity index is 277. The molecule has 0 amide bonds. The van der Waals surface area contributed by atoms with Crippen molar-refractivity contribution in [2.24, 2.45) is 0 Å². The fraction of sp³-hybridized carbons (Fsp3) is 0.455. The summed E-state index contributed by atoms with van der Waals surface area (Å²) < 4.78 is 1.31. The summed E-state index contributed by atoms with van der Waals surface area (Å²) in [5, 5.41) is 0. The average molecular weight is 227 g/mol. The largest absolute Gasteiger partial charge is 0.0613 e. The van der Waals surface area contributed by atoms with Gasteiger partial charge in [0.05, 0.1) is 0 Å². The van der Waals surface area contributed by atoms with Crippen molar-refractivity contribution in [1.82, 2.24) is 0 Å². The number of hydrogen-bond donors (Lipinski definition) is 0. The molecule has 12 heavy (non-hydrogen) atoms. The molecule has 0 saturated heterocycles. The number of halogens is 1. The second kappa shape index (κ2) is 4.08. The second-order valence-corrected chi connectivity index (χ2v) is 3.83. The van der Waals surface area contributed by atoms with Gasteiger partial charge < -0.3 is 0 Å². The van der Waals surface area contributed by atoms with Gasteiger partial charge in [-0.1, -0.05) is 41.9 Å². The third-order valence-electron chi connectivity index (χ3n) is 2.29. The van der Waals surface area contributed by atoms with Gasteiger partial charge in [0.15, 0.2) is 0 Å². The quantitative estimate of drug-likeness (QED) is 0.719. The standard InChI is InChI=1S/C11H15Br/c1-4-9-7-6-8(3)10(5-2)11(9)12/h6-7H,4-5H2,1-3H3. The van der Waals surface area contributed by atoms with E-state index in [2.05, 4.69) is 48.8 Å². The summed E-state index contributed by atoms with van der Waals surface area (Å²) in [6.45, 7) is 6.56. The van der Waals surface area contributed by atoms with E-state index in [-0.39, 0.29) is 0 Å². The van der Waals surface area contributed by atoms with Crippen LogP contribution >= 0.6 is 15.9 Å². The fourth-order valence-corrected chi connectivity index (χ4v) is 2.48. The van der Waals surface area contributed by atoms with Gasteiger partial charge in [0.1, 0.15) is 0 Å². The van der Waals surface area contributed by atoms with Crippen LogP contribution in [0.15, 0.2) is 16.6 Å². The summed E-state index contributed by atoms with van der Waals surface area (Å²) in [5.74, 6) is 0. The second-order valence-electron chi connectivity index (χ2n) is 3.04. The van der Waals surface area contributed by atoms with Gasteiger partial charge in [-0.25, -0.2) is 0 Å². The summed E-state index contributed by atoms with van der Waals surface area (Å²) in [7, 11) is 0. The molecule has 0 fully saturated rings. The average Bonchev–Trinajstić information content (AvgIpc) is 2.06. The van der Waals surface area contributed by atoms with E-state index in [1.165, 1.54) is 21.2 Å². The molecule has 0 unspecified atom stereocenters. The Morgan fingerprint density at radius 3 is 2.33 bits per heavy atom. The molecule has 1 heteroatoms. The van der Waals surface area contributed by atoms with Gasteiger partial charge in [0.25, 0.3) is 0 Å². The number of rotatable bonds is 2. The van der Waals surface area contributed by atoms with Gasteiger partial charge in [-0.2, -0.15) is 0 Å². The Balaban J connectivity index is 3.24. The van der Waals surface area contributed by atoms with E-state index in [1.54, 1.807) is 0 Å². The van der Waals surface area contributed by atoms with Crippen LogP contribution < -0.4 is 0 Å². The normalized spacial score (nSPS) is 10.3. The lowest BCUT2D eigenvalue weighted by Gasteiger charge is -2.09. The molecule has 0 bridgehead atoms. The minimum atomic E-state index is 1.11. The lowest BCUT2D eigenvalue weighted by molar-refractivity contribution is 1.05. The van der Waals surface area contributed by atoms with Crippen molar-refractivity contribution in [3.05, 3.63) is 33.3 Å². The van der Waals surface area contributed by atoms with Gasteiger partial charge in [-0.3, -0.25) is 0 Å². The van der Waals surface area contributed by atoms with E-state index in [9.17, 15) is 0 Å². The SMILES string of the molecule is CCc1ccc(C)c(CC)c1Br. The van der Waals surface area contributed by atoms with E-state index in [4.69, 9.17) is 0 Å². The molecule has 1 aromatic carbocycles. The number of benzene rings is 1. The van der Waals surface area contributed by atoms with Crippen LogP contribution in [0.5, 0.6) is 0 Å². The summed E-state index contributed by atoms with van der Waals surface area (Å²) in [6, 6.07) is 4.42. The minimum Gasteiger partial charge on any atom is -0.0613 e. The minimum absolute atomic E-state index is 1.11. The molecule has 0 saturated carbocycles. The molecule has 0 heterocycles. The van der Waals surface area contributed by atoms with Gasteiger partial charge in [0.2, 0.25) is 0 Å². The zero-order chi connectivity index (χ0) is 9.14. The van der Waals surface area contributed by atoms with Crippen LogP contribution in [0, 0.1) is 6.92 Å². The first kappa shape index (κ1) is 9.79. The molecule has 0 nitrogen and oxygen atoms in total. The topological polar surface area (TPSA) is 0 Å². The van der Waals surface area contributed by atoms with Crippen molar-refractivity contribution < 1.29 is 0 Å². The van der Waals surface area contributed by atoms with E-state index < -0.39 is 0 Å². The van der Waals surface area contributed by atoms with Crippen molar-refractivity contribution in [2.45, 2.75) is 33.6 Å². The molecule has 0 atom stereocenters. The highest BCUT2D eigenvalue weighted by Gasteiger charge is 2.04. The van der Waals surface area contributed by atoms with Gasteiger partial charge in [-0.15, -0.1) is 0 Å². The van der Waals surface area contributed by atoms with Crippen LogP contribution in [-0.2, 0) is 12.8 Å². The molecule has 1 rings (SSSR count). The first-order valence-corrected chi connectivity index (χ1v) is 5.26. The van der Waals surface area contributed by atoms with Gasteiger partial charge in [-0.05, 0) is 36.5 Å². The third kappa shape index (κ3) is 1.71. The Morgan fingerprint density at radius 2 is 1.83 bits per heavy atom. The third-order valence-corrected chi connectivity index (χ3v) is 3.28. The van der Waals surface area contributed by atoms with Crippen molar-refractivity contribution in [3.8, 4) is 0 Å². The highest BCUT2D eigenvalue weighted by Crippen LogP contribution is 2.25. The summed E-state index contributed by atoms with van der Waals surface area (Å²) in [5.41, 5.74) is 4.26. The zero-order valence-electron chi connectivity index (χ0n) is 7.95. The van der Waals surface area contributed by atoms with Crippen LogP contribution in [0.4, 0.5) is 0 Å². The van der Waals surface area contributed by atoms with Crippen LogP contribution in [0.2, 0.25) is 0 Å². The Hall–Kier alpha value is -0.300. The van der Waals surface area contributed by atoms with E-state index in [1.807, 2.05) is 0 Å². The first-order valence-electron chi connectivity index (χ1n) is 4.47. The van der Waals surface area contributed by atoms with E-state index >= 15 is 0 Å². The Labute approximate surface area is 83.1 Å². The van der Waals surface area contributed by atoms with Crippen LogP contribution in [-0.4, -0.2) is 0 Å². The smallest absolute Gasteiger partial charge is 0.0241 e. The molecule has 66 valence electrons. The predicted octanol–water partition coefficient (Wildman–Crippen LogP) is 3.88. The van der Waals surface area contributed by atoms with Crippen LogP contribution in [0.1, 0.15) is 30.5 Å². The number of hydrogen-bond acceptors (Lipinski definition) is 0. The lowest BCUT2D eigenvalue weighted by atomic mass is 10.0. The van der Waals surface area contributed by atoms with Crippen molar-refractivity contribution in [2.75, 3.05) is 0 Å². The fourth-order valence-electron chi connectivity index (χ4n) is 1.47. The number of aryl methyl sites for hydroxylation is 2. The molecule has 0 radical (unpaired) electrons. The van der Waals surface area contributed by atoms with Crippen molar-refractivity contribution >= 4 is 15.9 Å². The van der Waals surface area contributed by atoms with E-state index in [0.717, 1.165) is 12.8 Å². The van der Waals surface area contributed by atoms with Crippen LogP contribution in [0.3, 0.4) is 0 Å². The molecular formula is C11H15Br. The molecule has 0 N–H and O–H groups in total. The molecule has 0 aliphatic carbocycles. The van der Waals surface area contributed by atoms with Crippen molar-refractivity contribution in [1.29, 1.82) is 0 Å². The first-order chi connectivity index (χ1) is 5.70. The maximum absolute atomic E-state index is 3.65. The molecular weight excluding hydrogens is 212 g/mol. The maximum Gasteiger partial charge on any atom is 0.0241 e. The summed E-state index contributed by atoms with van der Waals surface area (Å²) in [4.78, 5) is 0. The zero-order valence-corrected chi connectivity index (χ0v) is 9.53. The maximum atomic E-state index is 3.65.